The summed E-state index contributed by atoms with van der Waals surface area (Å²) in [6, 6.07) is 6.91. The molecule has 0 radical (unpaired) electrons. The SMILES string of the molecule is Oc1cccc(OCCCCCCOPI)c1. The zero-order chi connectivity index (χ0) is 12.3. The Bertz CT molecular complexity index is 310. The fraction of sp³-hybridized carbons (Fsp3) is 0.500. The fourth-order valence-corrected chi connectivity index (χ4v) is 2.31. The van der Waals surface area contributed by atoms with Crippen LogP contribution in [0.15, 0.2) is 24.3 Å². The highest BCUT2D eigenvalue weighted by Gasteiger charge is 1.95. The Hall–Kier alpha value is -0.0600. The molecule has 0 amide bonds. The first-order valence-electron chi connectivity index (χ1n) is 5.72. The molecule has 3 nitrogen and oxygen atoms in total. The summed E-state index contributed by atoms with van der Waals surface area (Å²) >= 11 is 2.24. The Morgan fingerprint density at radius 1 is 1.12 bits per heavy atom. The predicted molar refractivity (Wildman–Crippen MR) is 80.4 cm³/mol. The number of rotatable bonds is 9. The summed E-state index contributed by atoms with van der Waals surface area (Å²) < 4.78 is 10.8. The zero-order valence-corrected chi connectivity index (χ0v) is 12.9. The molecule has 0 aliphatic carbocycles. The first-order chi connectivity index (χ1) is 8.33. The summed E-state index contributed by atoms with van der Waals surface area (Å²) in [5, 5.41) is 9.24. The van der Waals surface area contributed by atoms with E-state index in [0.29, 0.717) is 13.1 Å². The minimum absolute atomic E-state index is 0.249. The van der Waals surface area contributed by atoms with E-state index in [1.54, 1.807) is 18.2 Å². The Labute approximate surface area is 117 Å². The number of hydrogen-bond donors (Lipinski definition) is 1. The van der Waals surface area contributed by atoms with Gasteiger partial charge >= 0.3 is 0 Å². The van der Waals surface area contributed by atoms with Gasteiger partial charge in [-0.15, -0.1) is 0 Å². The monoisotopic (exact) mass is 368 g/mol. The molecule has 0 spiro atoms. The molecule has 0 aromatic heterocycles. The number of aromatic hydroxyl groups is 1. The summed E-state index contributed by atoms with van der Waals surface area (Å²) in [7, 11) is 0. The molecular formula is C12H18IO3P. The van der Waals surface area contributed by atoms with Crippen molar-refractivity contribution in [2.75, 3.05) is 13.2 Å². The molecule has 0 heterocycles. The van der Waals surface area contributed by atoms with Gasteiger partial charge < -0.3 is 14.4 Å². The molecule has 0 aliphatic heterocycles. The number of benzene rings is 1. The molecule has 1 unspecified atom stereocenters. The van der Waals surface area contributed by atoms with Crippen LogP contribution >= 0.6 is 28.5 Å². The number of hydrogen-bond acceptors (Lipinski definition) is 3. The molecule has 1 aromatic carbocycles. The van der Waals surface area contributed by atoms with E-state index in [1.807, 2.05) is 6.07 Å². The van der Waals surface area contributed by atoms with Gasteiger partial charge in [-0.3, -0.25) is 0 Å². The Morgan fingerprint density at radius 3 is 2.59 bits per heavy atom. The van der Waals surface area contributed by atoms with E-state index >= 15 is 0 Å². The van der Waals surface area contributed by atoms with Crippen LogP contribution in [0.4, 0.5) is 0 Å². The highest BCUT2D eigenvalue weighted by atomic mass is 127. The standard InChI is InChI=1S/C12H18IO3P/c13-17-16-9-4-2-1-3-8-15-12-7-5-6-11(14)10-12/h5-7,10,14,17H,1-4,8-9H2. The molecule has 96 valence electrons. The van der Waals surface area contributed by atoms with Crippen molar-refractivity contribution in [2.45, 2.75) is 25.7 Å². The number of unbranched alkanes of at least 4 members (excludes halogenated alkanes) is 3. The third-order valence-electron chi connectivity index (χ3n) is 2.28. The Kier molecular flexibility index (Phi) is 8.75. The van der Waals surface area contributed by atoms with E-state index in [-0.39, 0.29) is 5.75 Å². The lowest BCUT2D eigenvalue weighted by Gasteiger charge is -2.06. The van der Waals surface area contributed by atoms with Crippen LogP contribution in [0.3, 0.4) is 0 Å². The number of ether oxygens (including phenoxy) is 1. The molecule has 5 heteroatoms. The van der Waals surface area contributed by atoms with E-state index in [9.17, 15) is 5.11 Å². The Morgan fingerprint density at radius 2 is 1.88 bits per heavy atom. The van der Waals surface area contributed by atoms with Crippen LogP contribution in [0.2, 0.25) is 0 Å². The van der Waals surface area contributed by atoms with Crippen molar-refractivity contribution < 1.29 is 14.4 Å². The third kappa shape index (κ3) is 7.79. The van der Waals surface area contributed by atoms with Crippen molar-refractivity contribution in [1.29, 1.82) is 0 Å². The zero-order valence-electron chi connectivity index (χ0n) is 9.69. The molecule has 17 heavy (non-hydrogen) atoms. The summed E-state index contributed by atoms with van der Waals surface area (Å²) in [5.41, 5.74) is 0. The van der Waals surface area contributed by atoms with E-state index in [0.717, 1.165) is 31.6 Å². The van der Waals surface area contributed by atoms with Gasteiger partial charge in [0.15, 0.2) is 0 Å². The maximum Gasteiger partial charge on any atom is 0.122 e. The lowest BCUT2D eigenvalue weighted by Crippen LogP contribution is -1.97. The molecule has 1 atom stereocenters. The van der Waals surface area contributed by atoms with Crippen LogP contribution in [0.5, 0.6) is 11.5 Å². The second kappa shape index (κ2) is 9.92. The molecule has 0 saturated heterocycles. The lowest BCUT2D eigenvalue weighted by molar-refractivity contribution is 0.297. The largest absolute Gasteiger partial charge is 0.508 e. The van der Waals surface area contributed by atoms with Crippen LogP contribution in [0.1, 0.15) is 25.7 Å². The van der Waals surface area contributed by atoms with Crippen LogP contribution in [0.25, 0.3) is 0 Å². The third-order valence-corrected chi connectivity index (χ3v) is 3.53. The second-order valence-corrected chi connectivity index (χ2v) is 5.45. The minimum atomic E-state index is 0.249. The van der Waals surface area contributed by atoms with Gasteiger partial charge in [-0.2, -0.15) is 0 Å². The molecule has 1 rings (SSSR count). The molecule has 0 bridgehead atoms. The van der Waals surface area contributed by atoms with Crippen LogP contribution in [-0.2, 0) is 4.52 Å². The molecule has 1 N–H and O–H groups in total. The number of phenolic OH excluding ortho intramolecular Hbond substituents is 1. The first-order valence-corrected chi connectivity index (χ1v) is 9.74. The van der Waals surface area contributed by atoms with Gasteiger partial charge in [-0.25, -0.2) is 0 Å². The van der Waals surface area contributed by atoms with Crippen molar-refractivity contribution in [2.24, 2.45) is 0 Å². The molecule has 0 fully saturated rings. The van der Waals surface area contributed by atoms with E-state index in [2.05, 4.69) is 22.0 Å². The normalized spacial score (nSPS) is 11.1. The summed E-state index contributed by atoms with van der Waals surface area (Å²) in [6.45, 7) is 2.15. The molecule has 1 aromatic rings. The van der Waals surface area contributed by atoms with Crippen LogP contribution in [-0.4, -0.2) is 18.3 Å². The smallest absolute Gasteiger partial charge is 0.122 e. The van der Waals surface area contributed by atoms with E-state index in [4.69, 9.17) is 9.26 Å². The van der Waals surface area contributed by atoms with Crippen molar-refractivity contribution in [3.8, 4) is 11.5 Å². The second-order valence-electron chi connectivity index (χ2n) is 3.69. The fourth-order valence-electron chi connectivity index (χ4n) is 1.43. The molecular weight excluding hydrogens is 350 g/mol. The van der Waals surface area contributed by atoms with Crippen molar-refractivity contribution in [3.05, 3.63) is 24.3 Å². The molecule has 0 saturated carbocycles. The van der Waals surface area contributed by atoms with Crippen molar-refractivity contribution >= 4 is 28.5 Å². The lowest BCUT2D eigenvalue weighted by atomic mass is 10.2. The molecule has 0 aliphatic rings. The average Bonchev–Trinajstić information content (AvgIpc) is 2.33. The average molecular weight is 368 g/mol. The highest BCUT2D eigenvalue weighted by molar-refractivity contribution is 14.2. The predicted octanol–water partition coefficient (Wildman–Crippen LogP) is 4.29. The van der Waals surface area contributed by atoms with Crippen molar-refractivity contribution in [1.82, 2.24) is 0 Å². The van der Waals surface area contributed by atoms with Gasteiger partial charge in [0.05, 0.1) is 19.7 Å². The van der Waals surface area contributed by atoms with Gasteiger partial charge in [-0.1, -0.05) is 12.5 Å². The number of halogens is 1. The van der Waals surface area contributed by atoms with Gasteiger partial charge in [0, 0.05) is 6.07 Å². The Balaban J connectivity index is 1.97. The van der Waals surface area contributed by atoms with Crippen LogP contribution < -0.4 is 4.74 Å². The van der Waals surface area contributed by atoms with Crippen molar-refractivity contribution in [3.63, 3.8) is 0 Å². The van der Waals surface area contributed by atoms with Crippen LogP contribution in [0, 0.1) is 0 Å². The van der Waals surface area contributed by atoms with Gasteiger partial charge in [0.2, 0.25) is 0 Å². The quantitative estimate of drug-likeness (QED) is 0.402. The first kappa shape index (κ1) is 15.0. The highest BCUT2D eigenvalue weighted by Crippen LogP contribution is 2.22. The number of phenols is 1. The summed E-state index contributed by atoms with van der Waals surface area (Å²) in [6.07, 6.45) is 4.52. The van der Waals surface area contributed by atoms with E-state index in [1.165, 1.54) is 6.42 Å². The maximum absolute atomic E-state index is 9.24. The van der Waals surface area contributed by atoms with Gasteiger partial charge in [0.25, 0.3) is 0 Å². The summed E-state index contributed by atoms with van der Waals surface area (Å²) in [4.78, 5) is 0. The topological polar surface area (TPSA) is 38.7 Å². The van der Waals surface area contributed by atoms with Gasteiger partial charge in [0.1, 0.15) is 11.5 Å². The van der Waals surface area contributed by atoms with E-state index < -0.39 is 0 Å². The minimum Gasteiger partial charge on any atom is -0.508 e. The van der Waals surface area contributed by atoms with Gasteiger partial charge in [-0.05, 0) is 53.4 Å². The maximum atomic E-state index is 9.24. The summed E-state index contributed by atoms with van der Waals surface area (Å²) in [5.74, 6) is 0.985.